The molecule has 0 spiro atoms. The molecule has 0 fully saturated rings. The quantitative estimate of drug-likeness (QED) is 0.316. The Morgan fingerprint density at radius 3 is 2.56 bits per heavy atom. The van der Waals surface area contributed by atoms with Crippen LogP contribution in [0.5, 0.6) is 0 Å². The maximum Gasteiger partial charge on any atom is 0.246 e. The van der Waals surface area contributed by atoms with Gasteiger partial charge in [0.25, 0.3) is 0 Å². The Morgan fingerprint density at radius 1 is 1.24 bits per heavy atom. The molecule has 0 atom stereocenters. The van der Waals surface area contributed by atoms with Crippen LogP contribution in [0.3, 0.4) is 0 Å². The molecule has 0 saturated heterocycles. The first-order valence-electron chi connectivity index (χ1n) is 8.36. The summed E-state index contributed by atoms with van der Waals surface area (Å²) >= 11 is 0. The van der Waals surface area contributed by atoms with Crippen molar-refractivity contribution in [2.45, 2.75) is 39.7 Å². The highest BCUT2D eigenvalue weighted by molar-refractivity contribution is 14.0. The van der Waals surface area contributed by atoms with E-state index in [2.05, 4.69) is 27.9 Å². The lowest BCUT2D eigenvalue weighted by atomic mass is 10.1. The number of nitrogens with zero attached hydrogens (tertiary/aromatic N) is 1. The molecule has 0 heterocycles. The van der Waals surface area contributed by atoms with Gasteiger partial charge in [0.15, 0.2) is 5.96 Å². The molecule has 0 unspecified atom stereocenters. The smallest absolute Gasteiger partial charge is 0.246 e. The number of hydrogen-bond acceptors (Lipinski definition) is 3. The molecule has 7 heteroatoms. The average molecular weight is 462 g/mol. The fourth-order valence-electron chi connectivity index (χ4n) is 1.93. The number of aliphatic imine (C=N–C) groups is 1. The molecule has 0 aliphatic rings. The van der Waals surface area contributed by atoms with Crippen LogP contribution in [0, 0.1) is 0 Å². The Hall–Kier alpha value is -1.35. The third-order valence-electron chi connectivity index (χ3n) is 3.58. The van der Waals surface area contributed by atoms with Crippen LogP contribution in [-0.4, -0.2) is 44.2 Å². The summed E-state index contributed by atoms with van der Waals surface area (Å²) in [6, 6.07) is 7.84. The molecule has 0 bridgehead atoms. The van der Waals surface area contributed by atoms with Gasteiger partial charge in [0, 0.05) is 25.9 Å². The fraction of sp³-hybridized carbons (Fsp3) is 0.556. The molecule has 0 aromatic heterocycles. The number of carbonyl (C=O) groups excluding carboxylic acids is 1. The van der Waals surface area contributed by atoms with Crippen molar-refractivity contribution in [3.8, 4) is 0 Å². The monoisotopic (exact) mass is 462 g/mol. The standard InChI is InChI=1S/C18H30N4O2.HI/c1-6-14-9-8-10-15(11-14)22-16(23)12-20-17(19-7-2)21-13-18(3,4)24-5;/h8-11H,6-7,12-13H2,1-5H3,(H,22,23)(H2,19,20,21);1H. The highest BCUT2D eigenvalue weighted by Gasteiger charge is 2.16. The molecule has 1 aromatic carbocycles. The molecule has 0 aliphatic carbocycles. The van der Waals surface area contributed by atoms with Gasteiger partial charge in [0.1, 0.15) is 6.54 Å². The molecule has 3 N–H and O–H groups in total. The number of methoxy groups -OCH3 is 1. The highest BCUT2D eigenvalue weighted by atomic mass is 127. The molecule has 142 valence electrons. The molecule has 0 aliphatic heterocycles. The van der Waals surface area contributed by atoms with E-state index in [-0.39, 0.29) is 42.0 Å². The number of aryl methyl sites for hydroxylation is 1. The highest BCUT2D eigenvalue weighted by Crippen LogP contribution is 2.10. The van der Waals surface area contributed by atoms with E-state index in [4.69, 9.17) is 4.74 Å². The number of halogens is 1. The number of amides is 1. The maximum atomic E-state index is 12.1. The fourth-order valence-corrected chi connectivity index (χ4v) is 1.93. The van der Waals surface area contributed by atoms with Crippen LogP contribution >= 0.6 is 24.0 Å². The summed E-state index contributed by atoms with van der Waals surface area (Å²) in [5.74, 6) is 0.451. The van der Waals surface area contributed by atoms with Gasteiger partial charge in [0.2, 0.25) is 5.91 Å². The second kappa shape index (κ2) is 12.1. The molecular weight excluding hydrogens is 431 g/mol. The number of carbonyl (C=O) groups is 1. The minimum absolute atomic E-state index is 0. The van der Waals surface area contributed by atoms with Crippen LogP contribution in [0.15, 0.2) is 29.3 Å². The van der Waals surface area contributed by atoms with E-state index in [1.807, 2.05) is 45.0 Å². The van der Waals surface area contributed by atoms with Crippen molar-refractivity contribution in [1.29, 1.82) is 0 Å². The van der Waals surface area contributed by atoms with E-state index >= 15 is 0 Å². The lowest BCUT2D eigenvalue weighted by molar-refractivity contribution is -0.114. The first-order chi connectivity index (χ1) is 11.4. The number of rotatable bonds is 8. The zero-order valence-electron chi connectivity index (χ0n) is 15.8. The Bertz CT molecular complexity index is 562. The van der Waals surface area contributed by atoms with Crippen molar-refractivity contribution in [1.82, 2.24) is 10.6 Å². The van der Waals surface area contributed by atoms with E-state index in [9.17, 15) is 4.79 Å². The number of ether oxygens (including phenoxy) is 1. The number of hydrogen-bond donors (Lipinski definition) is 3. The minimum atomic E-state index is -0.307. The molecule has 1 rings (SSSR count). The Kier molecular flexibility index (Phi) is 11.4. The van der Waals surface area contributed by atoms with Crippen molar-refractivity contribution >= 4 is 41.5 Å². The summed E-state index contributed by atoms with van der Waals surface area (Å²) in [4.78, 5) is 16.4. The van der Waals surface area contributed by atoms with Crippen LogP contribution in [0.1, 0.15) is 33.3 Å². The van der Waals surface area contributed by atoms with Crippen LogP contribution in [0.25, 0.3) is 0 Å². The largest absolute Gasteiger partial charge is 0.377 e. The Morgan fingerprint density at radius 2 is 1.96 bits per heavy atom. The SMILES string of the molecule is CCNC(=NCC(=O)Nc1cccc(CC)c1)NCC(C)(C)OC.I. The van der Waals surface area contributed by atoms with Gasteiger partial charge in [-0.25, -0.2) is 4.99 Å². The summed E-state index contributed by atoms with van der Waals surface area (Å²) in [5.41, 5.74) is 1.68. The van der Waals surface area contributed by atoms with Crippen molar-refractivity contribution in [3.63, 3.8) is 0 Å². The van der Waals surface area contributed by atoms with Crippen LogP contribution in [-0.2, 0) is 16.0 Å². The summed E-state index contributed by atoms with van der Waals surface area (Å²) in [6.07, 6.45) is 0.936. The first-order valence-corrected chi connectivity index (χ1v) is 8.36. The molecular formula is C18H31IN4O2. The van der Waals surface area contributed by atoms with Gasteiger partial charge in [-0.05, 0) is 44.9 Å². The summed E-state index contributed by atoms with van der Waals surface area (Å²) in [7, 11) is 1.67. The topological polar surface area (TPSA) is 74.8 Å². The molecule has 6 nitrogen and oxygen atoms in total. The second-order valence-electron chi connectivity index (χ2n) is 6.11. The summed E-state index contributed by atoms with van der Waals surface area (Å²) < 4.78 is 5.37. The minimum Gasteiger partial charge on any atom is -0.377 e. The number of guanidine groups is 1. The van der Waals surface area contributed by atoms with E-state index in [1.165, 1.54) is 5.56 Å². The van der Waals surface area contributed by atoms with E-state index in [0.717, 1.165) is 18.7 Å². The average Bonchev–Trinajstić information content (AvgIpc) is 2.57. The van der Waals surface area contributed by atoms with E-state index < -0.39 is 0 Å². The first kappa shape index (κ1) is 23.6. The van der Waals surface area contributed by atoms with Gasteiger partial charge in [-0.3, -0.25) is 4.79 Å². The van der Waals surface area contributed by atoms with Gasteiger partial charge in [-0.2, -0.15) is 0 Å². The van der Waals surface area contributed by atoms with E-state index in [1.54, 1.807) is 7.11 Å². The molecule has 25 heavy (non-hydrogen) atoms. The van der Waals surface area contributed by atoms with E-state index in [0.29, 0.717) is 12.5 Å². The summed E-state index contributed by atoms with van der Waals surface area (Å²) in [5, 5.41) is 9.17. The lowest BCUT2D eigenvalue weighted by Gasteiger charge is -2.24. The van der Waals surface area contributed by atoms with Crippen molar-refractivity contribution in [2.75, 3.05) is 32.1 Å². The van der Waals surface area contributed by atoms with Crippen molar-refractivity contribution in [2.24, 2.45) is 4.99 Å². The van der Waals surface area contributed by atoms with Crippen molar-refractivity contribution in [3.05, 3.63) is 29.8 Å². The molecule has 0 radical (unpaired) electrons. The Balaban J connectivity index is 0.00000576. The van der Waals surface area contributed by atoms with Crippen LogP contribution in [0.2, 0.25) is 0 Å². The Labute approximate surface area is 168 Å². The lowest BCUT2D eigenvalue weighted by Crippen LogP contribution is -2.45. The van der Waals surface area contributed by atoms with Gasteiger partial charge in [0.05, 0.1) is 5.60 Å². The zero-order chi connectivity index (χ0) is 18.0. The normalized spacial score (nSPS) is 11.5. The second-order valence-corrected chi connectivity index (χ2v) is 6.11. The predicted molar refractivity (Wildman–Crippen MR) is 115 cm³/mol. The van der Waals surface area contributed by atoms with Crippen molar-refractivity contribution < 1.29 is 9.53 Å². The van der Waals surface area contributed by atoms with Gasteiger partial charge in [-0.1, -0.05) is 19.1 Å². The molecule has 1 aromatic rings. The zero-order valence-corrected chi connectivity index (χ0v) is 18.1. The van der Waals surface area contributed by atoms with Crippen LogP contribution < -0.4 is 16.0 Å². The number of anilines is 1. The summed E-state index contributed by atoms with van der Waals surface area (Å²) in [6.45, 7) is 9.40. The van der Waals surface area contributed by atoms with Gasteiger partial charge >= 0.3 is 0 Å². The van der Waals surface area contributed by atoms with Gasteiger partial charge in [-0.15, -0.1) is 24.0 Å². The predicted octanol–water partition coefficient (Wildman–Crippen LogP) is 2.79. The van der Waals surface area contributed by atoms with Gasteiger partial charge < -0.3 is 20.7 Å². The molecule has 1 amide bonds. The number of benzene rings is 1. The third-order valence-corrected chi connectivity index (χ3v) is 3.58. The number of nitrogens with one attached hydrogen (secondary N) is 3. The molecule has 0 saturated carbocycles. The van der Waals surface area contributed by atoms with Crippen LogP contribution in [0.4, 0.5) is 5.69 Å². The maximum absolute atomic E-state index is 12.1. The third kappa shape index (κ3) is 9.64.